The molecule has 2 aromatic heterocycles. The number of carbonyl (C=O) groups excluding carboxylic acids is 1. The minimum atomic E-state index is -0.143. The summed E-state index contributed by atoms with van der Waals surface area (Å²) in [5.41, 5.74) is 2.46. The summed E-state index contributed by atoms with van der Waals surface area (Å²) in [4.78, 5) is 16.5. The zero-order valence-electron chi connectivity index (χ0n) is 15.5. The highest BCUT2D eigenvalue weighted by Crippen LogP contribution is 2.16. The van der Waals surface area contributed by atoms with Crippen LogP contribution in [0.25, 0.3) is 11.6 Å². The van der Waals surface area contributed by atoms with Crippen molar-refractivity contribution in [2.45, 2.75) is 12.8 Å². The van der Waals surface area contributed by atoms with Gasteiger partial charge in [0.2, 0.25) is 17.6 Å². The lowest BCUT2D eigenvalue weighted by Crippen LogP contribution is -2.12. The molecule has 0 aliphatic carbocycles. The fraction of sp³-hybridized carbons (Fsp3) is 0.0870. The van der Waals surface area contributed by atoms with Gasteiger partial charge in [-0.25, -0.2) is 0 Å². The zero-order valence-corrected chi connectivity index (χ0v) is 15.5. The Bertz CT molecular complexity index is 1150. The number of hydrogen-bond acceptors (Lipinski definition) is 5. The second-order valence-corrected chi connectivity index (χ2v) is 6.23. The average Bonchev–Trinajstić information content (AvgIpc) is 3.44. The molecule has 142 valence electrons. The first kappa shape index (κ1) is 18.3. The van der Waals surface area contributed by atoms with Gasteiger partial charge in [0.15, 0.2) is 5.76 Å². The monoisotopic (exact) mass is 383 g/mol. The normalized spacial score (nSPS) is 10.2. The maximum atomic E-state index is 12.3. The third kappa shape index (κ3) is 4.99. The first-order valence-electron chi connectivity index (χ1n) is 9.10. The van der Waals surface area contributed by atoms with Crippen LogP contribution in [0.5, 0.6) is 0 Å². The third-order valence-electron chi connectivity index (χ3n) is 4.05. The number of furan rings is 1. The highest BCUT2D eigenvalue weighted by molar-refractivity contribution is 5.90. The van der Waals surface area contributed by atoms with Crippen molar-refractivity contribution in [2.24, 2.45) is 0 Å². The van der Waals surface area contributed by atoms with Crippen molar-refractivity contribution < 1.29 is 13.7 Å². The number of benzene rings is 2. The van der Waals surface area contributed by atoms with Gasteiger partial charge in [0, 0.05) is 29.7 Å². The van der Waals surface area contributed by atoms with Crippen molar-refractivity contribution in [1.29, 1.82) is 0 Å². The van der Waals surface area contributed by atoms with Gasteiger partial charge in [0.25, 0.3) is 0 Å². The summed E-state index contributed by atoms with van der Waals surface area (Å²) >= 11 is 0. The van der Waals surface area contributed by atoms with E-state index in [-0.39, 0.29) is 12.3 Å². The standard InChI is InChI=1S/C23H17N3O3/c27-21(13-14-22-25-23(26-29-22)20-10-5-15-28-20)24-19-9-4-8-18(16-19)12-11-17-6-2-1-3-7-17/h1-10,15-16H,13-14H2,(H,24,27). The van der Waals surface area contributed by atoms with Crippen LogP contribution in [-0.2, 0) is 11.2 Å². The minimum absolute atomic E-state index is 0.143. The van der Waals surface area contributed by atoms with E-state index in [1.54, 1.807) is 12.1 Å². The van der Waals surface area contributed by atoms with Gasteiger partial charge in [-0.3, -0.25) is 4.79 Å². The summed E-state index contributed by atoms with van der Waals surface area (Å²) in [6.07, 6.45) is 2.10. The number of nitrogens with one attached hydrogen (secondary N) is 1. The summed E-state index contributed by atoms with van der Waals surface area (Å²) in [6.45, 7) is 0. The molecule has 0 aliphatic rings. The minimum Gasteiger partial charge on any atom is -0.461 e. The van der Waals surface area contributed by atoms with Gasteiger partial charge >= 0.3 is 0 Å². The Kier molecular flexibility index (Phi) is 5.49. The molecular formula is C23H17N3O3. The molecule has 0 radical (unpaired) electrons. The van der Waals surface area contributed by atoms with Crippen LogP contribution in [0.4, 0.5) is 5.69 Å². The highest BCUT2D eigenvalue weighted by atomic mass is 16.5. The number of aryl methyl sites for hydroxylation is 1. The molecule has 0 saturated heterocycles. The van der Waals surface area contributed by atoms with Crippen molar-refractivity contribution in [3.8, 4) is 23.4 Å². The van der Waals surface area contributed by atoms with Crippen LogP contribution < -0.4 is 5.32 Å². The van der Waals surface area contributed by atoms with Gasteiger partial charge in [-0.1, -0.05) is 41.3 Å². The Balaban J connectivity index is 1.33. The lowest BCUT2D eigenvalue weighted by molar-refractivity contribution is -0.116. The molecule has 29 heavy (non-hydrogen) atoms. The predicted molar refractivity (Wildman–Crippen MR) is 108 cm³/mol. The van der Waals surface area contributed by atoms with Crippen molar-refractivity contribution in [1.82, 2.24) is 10.1 Å². The van der Waals surface area contributed by atoms with Gasteiger partial charge in [-0.05, 0) is 42.5 Å². The lowest BCUT2D eigenvalue weighted by Gasteiger charge is -2.04. The Morgan fingerprint density at radius 3 is 2.62 bits per heavy atom. The molecule has 0 saturated carbocycles. The molecule has 0 unspecified atom stereocenters. The molecular weight excluding hydrogens is 366 g/mol. The molecule has 0 bridgehead atoms. The third-order valence-corrected chi connectivity index (χ3v) is 4.05. The maximum absolute atomic E-state index is 12.3. The van der Waals surface area contributed by atoms with Crippen LogP contribution in [0.1, 0.15) is 23.4 Å². The summed E-state index contributed by atoms with van der Waals surface area (Å²) in [5, 5.41) is 6.72. The average molecular weight is 383 g/mol. The van der Waals surface area contributed by atoms with Crippen LogP contribution in [0.3, 0.4) is 0 Å². The number of hydrogen-bond donors (Lipinski definition) is 1. The molecule has 6 heteroatoms. The lowest BCUT2D eigenvalue weighted by atomic mass is 10.1. The Labute approximate surface area is 167 Å². The van der Waals surface area contributed by atoms with E-state index in [1.165, 1.54) is 6.26 Å². The van der Waals surface area contributed by atoms with Gasteiger partial charge in [0.1, 0.15) is 0 Å². The Morgan fingerprint density at radius 2 is 1.79 bits per heavy atom. The van der Waals surface area contributed by atoms with Crippen LogP contribution in [0.2, 0.25) is 0 Å². The first-order valence-corrected chi connectivity index (χ1v) is 9.10. The van der Waals surface area contributed by atoms with Crippen LogP contribution in [-0.4, -0.2) is 16.0 Å². The van der Waals surface area contributed by atoms with Crippen molar-refractivity contribution in [3.05, 3.63) is 90.0 Å². The van der Waals surface area contributed by atoms with Gasteiger partial charge in [0.05, 0.1) is 6.26 Å². The van der Waals surface area contributed by atoms with E-state index in [9.17, 15) is 4.79 Å². The van der Waals surface area contributed by atoms with Gasteiger partial charge < -0.3 is 14.3 Å². The SMILES string of the molecule is O=C(CCc1nc(-c2ccco2)no1)Nc1cccc(C#Cc2ccccc2)c1. The fourth-order valence-electron chi connectivity index (χ4n) is 2.65. The molecule has 6 nitrogen and oxygen atoms in total. The van der Waals surface area contributed by atoms with E-state index < -0.39 is 0 Å². The Morgan fingerprint density at radius 1 is 0.966 bits per heavy atom. The molecule has 1 N–H and O–H groups in total. The molecule has 2 heterocycles. The predicted octanol–water partition coefficient (Wildman–Crippen LogP) is 4.30. The summed E-state index contributed by atoms with van der Waals surface area (Å²) < 4.78 is 10.4. The topological polar surface area (TPSA) is 81.2 Å². The number of rotatable bonds is 5. The number of carbonyl (C=O) groups is 1. The largest absolute Gasteiger partial charge is 0.461 e. The number of amides is 1. The Hall–Kier alpha value is -4.11. The molecule has 0 aliphatic heterocycles. The van der Waals surface area contributed by atoms with Crippen LogP contribution in [0.15, 0.2) is 81.9 Å². The molecule has 2 aromatic carbocycles. The molecule has 4 aromatic rings. The van der Waals surface area contributed by atoms with Crippen LogP contribution >= 0.6 is 0 Å². The van der Waals surface area contributed by atoms with E-state index in [1.807, 2.05) is 54.6 Å². The molecule has 0 atom stereocenters. The second-order valence-electron chi connectivity index (χ2n) is 6.23. The first-order chi connectivity index (χ1) is 14.3. The maximum Gasteiger partial charge on any atom is 0.238 e. The summed E-state index contributed by atoms with van der Waals surface area (Å²) in [7, 11) is 0. The van der Waals surface area contributed by atoms with Gasteiger partial charge in [-0.2, -0.15) is 4.98 Å². The quantitative estimate of drug-likeness (QED) is 0.520. The fourth-order valence-corrected chi connectivity index (χ4v) is 2.65. The smallest absolute Gasteiger partial charge is 0.238 e. The second kappa shape index (κ2) is 8.72. The molecule has 0 spiro atoms. The zero-order chi connectivity index (χ0) is 19.9. The van der Waals surface area contributed by atoms with Crippen molar-refractivity contribution in [3.63, 3.8) is 0 Å². The number of aromatic nitrogens is 2. The summed E-state index contributed by atoms with van der Waals surface area (Å²) in [5.74, 6) is 7.35. The molecule has 1 amide bonds. The van der Waals surface area contributed by atoms with Crippen molar-refractivity contribution in [2.75, 3.05) is 5.32 Å². The summed E-state index contributed by atoms with van der Waals surface area (Å²) in [6, 6.07) is 20.7. The molecule has 0 fully saturated rings. The molecule has 4 rings (SSSR count). The van der Waals surface area contributed by atoms with Gasteiger partial charge in [-0.15, -0.1) is 0 Å². The number of anilines is 1. The van der Waals surface area contributed by atoms with E-state index in [0.717, 1.165) is 11.1 Å². The van der Waals surface area contributed by atoms with Crippen LogP contribution in [0, 0.1) is 11.8 Å². The number of nitrogens with zero attached hydrogens (tertiary/aromatic N) is 2. The van der Waals surface area contributed by atoms with Crippen molar-refractivity contribution >= 4 is 11.6 Å². The van der Waals surface area contributed by atoms with E-state index in [4.69, 9.17) is 8.94 Å². The van der Waals surface area contributed by atoms with E-state index in [2.05, 4.69) is 27.3 Å². The van der Waals surface area contributed by atoms with E-state index >= 15 is 0 Å². The highest BCUT2D eigenvalue weighted by Gasteiger charge is 2.12. The van der Waals surface area contributed by atoms with E-state index in [0.29, 0.717) is 29.6 Å².